The number of nitrogens with one attached hydrogen (secondary N) is 3. The molecule has 0 fully saturated rings. The Bertz CT molecular complexity index is 1540. The van der Waals surface area contributed by atoms with Gasteiger partial charge in [-0.2, -0.15) is 0 Å². The van der Waals surface area contributed by atoms with Crippen LogP contribution in [0.15, 0.2) is 47.7 Å². The van der Waals surface area contributed by atoms with Gasteiger partial charge in [0.1, 0.15) is 11.6 Å². The quantitative estimate of drug-likeness (QED) is 0.311. The minimum Gasteiger partial charge on any atom is -0.395 e. The average molecular weight is 508 g/mol. The number of urea groups is 1. The first-order valence-electron chi connectivity index (χ1n) is 11.8. The van der Waals surface area contributed by atoms with Gasteiger partial charge in [-0.25, -0.2) is 19.2 Å². The summed E-state index contributed by atoms with van der Waals surface area (Å²) in [7, 11) is 1.72. The summed E-state index contributed by atoms with van der Waals surface area (Å²) in [4.78, 5) is 34.6. The maximum Gasteiger partial charge on any atom is 0.324 e. The number of aliphatic hydroxyl groups excluding tert-OH is 1. The van der Waals surface area contributed by atoms with Crippen molar-refractivity contribution in [1.82, 2.24) is 19.1 Å². The van der Waals surface area contributed by atoms with E-state index in [2.05, 4.69) is 25.9 Å². The van der Waals surface area contributed by atoms with E-state index in [-0.39, 0.29) is 35.5 Å². The lowest BCUT2D eigenvalue weighted by Crippen LogP contribution is -2.24. The number of halogens is 1. The number of carbonyl (C=O) groups excluding carboxylic acids is 1. The Labute approximate surface area is 213 Å². The van der Waals surface area contributed by atoms with Crippen LogP contribution in [0.1, 0.15) is 26.5 Å². The number of rotatable bonds is 6. The first-order valence-corrected chi connectivity index (χ1v) is 11.8. The van der Waals surface area contributed by atoms with Crippen LogP contribution in [0.5, 0.6) is 0 Å². The lowest BCUT2D eigenvalue weighted by atomic mass is 10.0. The first-order chi connectivity index (χ1) is 17.5. The highest BCUT2D eigenvalue weighted by atomic mass is 19.1. The minimum absolute atomic E-state index is 0.0750. The largest absolute Gasteiger partial charge is 0.395 e. The molecule has 0 bridgehead atoms. The number of anilines is 3. The van der Waals surface area contributed by atoms with Gasteiger partial charge in [-0.3, -0.25) is 10.1 Å². The Hall–Kier alpha value is -4.25. The van der Waals surface area contributed by atoms with Gasteiger partial charge in [0.15, 0.2) is 5.82 Å². The van der Waals surface area contributed by atoms with Gasteiger partial charge in [0.05, 0.1) is 29.8 Å². The van der Waals surface area contributed by atoms with Crippen LogP contribution in [-0.2, 0) is 12.1 Å². The summed E-state index contributed by atoms with van der Waals surface area (Å²) in [5.41, 5.74) is 1.37. The molecule has 11 heteroatoms. The molecule has 0 radical (unpaired) electrons. The van der Waals surface area contributed by atoms with Crippen molar-refractivity contribution in [3.05, 3.63) is 64.7 Å². The van der Waals surface area contributed by atoms with Crippen molar-refractivity contribution in [2.24, 2.45) is 0 Å². The Morgan fingerprint density at radius 1 is 1.14 bits per heavy atom. The molecule has 0 saturated heterocycles. The van der Waals surface area contributed by atoms with Crippen LogP contribution >= 0.6 is 0 Å². The Morgan fingerprint density at radius 2 is 1.89 bits per heavy atom. The Balaban J connectivity index is 1.68. The zero-order valence-electron chi connectivity index (χ0n) is 21.4. The molecule has 10 nitrogen and oxygen atoms in total. The number of aromatic nitrogens is 4. The second-order valence-electron chi connectivity index (χ2n) is 9.61. The molecule has 194 valence electrons. The number of aliphatic hydroxyl groups is 1. The minimum atomic E-state index is -0.668. The topological polar surface area (TPSA) is 126 Å². The van der Waals surface area contributed by atoms with Crippen LogP contribution in [-0.4, -0.2) is 43.9 Å². The lowest BCUT2D eigenvalue weighted by Gasteiger charge is -2.22. The highest BCUT2D eigenvalue weighted by Gasteiger charge is 2.20. The molecule has 0 spiro atoms. The van der Waals surface area contributed by atoms with Gasteiger partial charge in [-0.1, -0.05) is 6.07 Å². The average Bonchev–Trinajstić information content (AvgIpc) is 3.22. The van der Waals surface area contributed by atoms with Crippen LogP contribution in [0.3, 0.4) is 0 Å². The van der Waals surface area contributed by atoms with Gasteiger partial charge in [0.2, 0.25) is 0 Å². The van der Waals surface area contributed by atoms with Gasteiger partial charge in [-0.15, -0.1) is 0 Å². The summed E-state index contributed by atoms with van der Waals surface area (Å²) in [6.07, 6.45) is 3.25. The summed E-state index contributed by atoms with van der Waals surface area (Å²) >= 11 is 0. The number of pyridine rings is 2. The molecule has 0 unspecified atom stereocenters. The molecule has 0 saturated carbocycles. The number of hydrogen-bond donors (Lipinski definition) is 4. The van der Waals surface area contributed by atoms with E-state index in [9.17, 15) is 19.1 Å². The monoisotopic (exact) mass is 507 g/mol. The molecule has 0 aliphatic heterocycles. The van der Waals surface area contributed by atoms with E-state index >= 15 is 0 Å². The molecule has 0 aliphatic rings. The predicted molar refractivity (Wildman–Crippen MR) is 143 cm³/mol. The second kappa shape index (κ2) is 10.0. The maximum absolute atomic E-state index is 14.7. The number of nitrogens with zero attached hydrogens (tertiary/aromatic N) is 4. The Kier molecular flexibility index (Phi) is 6.99. The van der Waals surface area contributed by atoms with Crippen molar-refractivity contribution < 1.29 is 14.3 Å². The summed E-state index contributed by atoms with van der Waals surface area (Å²) in [5, 5.41) is 18.3. The highest BCUT2D eigenvalue weighted by Crippen LogP contribution is 2.27. The third-order valence-corrected chi connectivity index (χ3v) is 6.04. The lowest BCUT2D eigenvalue weighted by molar-refractivity contribution is 0.262. The fourth-order valence-corrected chi connectivity index (χ4v) is 4.20. The van der Waals surface area contributed by atoms with Gasteiger partial charge < -0.3 is 24.9 Å². The van der Waals surface area contributed by atoms with Crippen molar-refractivity contribution in [2.45, 2.75) is 39.8 Å². The van der Waals surface area contributed by atoms with Gasteiger partial charge in [-0.05, 0) is 51.5 Å². The van der Waals surface area contributed by atoms with E-state index in [0.717, 1.165) is 5.69 Å². The zero-order chi connectivity index (χ0) is 26.9. The van der Waals surface area contributed by atoms with Gasteiger partial charge in [0.25, 0.3) is 5.56 Å². The SMILES string of the molecule is CNc1cc2c(cn1)cc(-c1ccc(F)c(NC(=O)Nc3ncn(C(C)(C)C)c3C)c1)c(=O)n2CCO. The van der Waals surface area contributed by atoms with Crippen molar-refractivity contribution >= 4 is 34.3 Å². The molecule has 3 heterocycles. The maximum atomic E-state index is 14.7. The fraction of sp³-hybridized carbons (Fsp3) is 0.308. The number of benzene rings is 1. The molecule has 1 aromatic carbocycles. The van der Waals surface area contributed by atoms with Crippen LogP contribution in [0.2, 0.25) is 0 Å². The normalized spacial score (nSPS) is 11.5. The second-order valence-corrected chi connectivity index (χ2v) is 9.61. The van der Waals surface area contributed by atoms with Crippen LogP contribution in [0, 0.1) is 12.7 Å². The van der Waals surface area contributed by atoms with E-state index in [0.29, 0.717) is 28.1 Å². The number of carbonyl (C=O) groups is 1. The van der Waals surface area contributed by atoms with Crippen LogP contribution < -0.4 is 21.5 Å². The summed E-state index contributed by atoms with van der Waals surface area (Å²) < 4.78 is 18.0. The molecule has 0 aliphatic carbocycles. The smallest absolute Gasteiger partial charge is 0.324 e. The third-order valence-electron chi connectivity index (χ3n) is 6.04. The van der Waals surface area contributed by atoms with Gasteiger partial charge in [0, 0.05) is 42.3 Å². The number of imidazole rings is 1. The molecule has 4 rings (SSSR count). The van der Waals surface area contributed by atoms with E-state index in [1.807, 2.05) is 32.3 Å². The fourth-order valence-electron chi connectivity index (χ4n) is 4.20. The highest BCUT2D eigenvalue weighted by molar-refractivity contribution is 6.00. The first kappa shape index (κ1) is 25.8. The number of amides is 2. The van der Waals surface area contributed by atoms with E-state index in [1.54, 1.807) is 31.7 Å². The predicted octanol–water partition coefficient (Wildman–Crippen LogP) is 4.14. The molecular weight excluding hydrogens is 477 g/mol. The van der Waals surface area contributed by atoms with Crippen molar-refractivity contribution in [2.75, 3.05) is 29.6 Å². The summed E-state index contributed by atoms with van der Waals surface area (Å²) in [6, 6.07) is 6.77. The third kappa shape index (κ3) is 5.17. The van der Waals surface area contributed by atoms with E-state index < -0.39 is 11.8 Å². The van der Waals surface area contributed by atoms with Gasteiger partial charge >= 0.3 is 6.03 Å². The molecule has 37 heavy (non-hydrogen) atoms. The van der Waals surface area contributed by atoms with Crippen molar-refractivity contribution in [1.29, 1.82) is 0 Å². The van der Waals surface area contributed by atoms with E-state index in [1.165, 1.54) is 22.8 Å². The molecule has 4 aromatic rings. The Morgan fingerprint density at radius 3 is 2.54 bits per heavy atom. The summed E-state index contributed by atoms with van der Waals surface area (Å²) in [6.45, 7) is 7.72. The molecule has 4 N–H and O–H groups in total. The molecular formula is C26H30FN7O3. The molecule has 2 amide bonds. The summed E-state index contributed by atoms with van der Waals surface area (Å²) in [5.74, 6) is 0.277. The van der Waals surface area contributed by atoms with Crippen LogP contribution in [0.4, 0.5) is 26.5 Å². The molecule has 0 atom stereocenters. The number of hydrogen-bond acceptors (Lipinski definition) is 6. The van der Waals surface area contributed by atoms with Crippen LogP contribution in [0.25, 0.3) is 22.0 Å². The molecule has 3 aromatic heterocycles. The van der Waals surface area contributed by atoms with E-state index in [4.69, 9.17) is 0 Å². The standard InChI is InChI=1S/C26H30FN7O3/c1-15-23(30-14-34(15)26(2,3)4)32-25(37)31-20-11-16(6-7-19(20)27)18-10-17-13-29-22(28-5)12-21(17)33(8-9-35)24(18)36/h6-7,10-14,35H,8-9H2,1-5H3,(H,28,29)(H2,31,32,37). The zero-order valence-corrected chi connectivity index (χ0v) is 21.4. The number of fused-ring (bicyclic) bond motifs is 1. The van der Waals surface area contributed by atoms with Crippen molar-refractivity contribution in [3.63, 3.8) is 0 Å². The van der Waals surface area contributed by atoms with Crippen molar-refractivity contribution in [3.8, 4) is 11.1 Å².